The molecule has 2 aromatic heterocycles. The van der Waals surface area contributed by atoms with Gasteiger partial charge in [-0.25, -0.2) is 0 Å². The minimum Gasteiger partial charge on any atom is -0.376 e. The van der Waals surface area contributed by atoms with Gasteiger partial charge in [0.1, 0.15) is 5.82 Å². The van der Waals surface area contributed by atoms with Gasteiger partial charge in [0.2, 0.25) is 5.91 Å². The molecule has 8 nitrogen and oxygen atoms in total. The van der Waals surface area contributed by atoms with Gasteiger partial charge in [-0.05, 0) is 44.7 Å². The Hall–Kier alpha value is -3.00. The van der Waals surface area contributed by atoms with Crippen LogP contribution in [-0.2, 0) is 9.53 Å². The summed E-state index contributed by atoms with van der Waals surface area (Å²) in [6, 6.07) is 12.2. The number of piperidine rings is 1. The number of aromatic nitrogens is 4. The molecular formula is C23H28N6O2. The molecular weight excluding hydrogens is 392 g/mol. The van der Waals surface area contributed by atoms with Crippen LogP contribution in [-0.4, -0.2) is 58.1 Å². The Morgan fingerprint density at radius 2 is 1.90 bits per heavy atom. The number of aryl methyl sites for hydroxylation is 1. The maximum Gasteiger partial charge on any atom is 0.223 e. The van der Waals surface area contributed by atoms with E-state index in [4.69, 9.17) is 9.84 Å². The molecule has 1 unspecified atom stereocenters. The van der Waals surface area contributed by atoms with Gasteiger partial charge in [-0.2, -0.15) is 4.52 Å². The fourth-order valence-corrected chi connectivity index (χ4v) is 4.37. The fraction of sp³-hybridized carbons (Fsp3) is 0.478. The molecule has 2 aliphatic rings. The number of ether oxygens (including phenoxy) is 1. The molecule has 2 saturated heterocycles. The van der Waals surface area contributed by atoms with Crippen molar-refractivity contribution in [1.82, 2.24) is 25.1 Å². The monoisotopic (exact) mass is 420 g/mol. The Balaban J connectivity index is 1.24. The first-order valence-electron chi connectivity index (χ1n) is 11.1. The van der Waals surface area contributed by atoms with Crippen LogP contribution in [0, 0.1) is 12.8 Å². The van der Waals surface area contributed by atoms with Crippen LogP contribution in [0.1, 0.15) is 31.2 Å². The summed E-state index contributed by atoms with van der Waals surface area (Å²) in [7, 11) is 0. The maximum absolute atomic E-state index is 12.5. The molecule has 5 rings (SSSR count). The van der Waals surface area contributed by atoms with Crippen molar-refractivity contribution in [2.45, 2.75) is 38.7 Å². The molecule has 0 radical (unpaired) electrons. The number of anilines is 1. The summed E-state index contributed by atoms with van der Waals surface area (Å²) in [6.45, 7) is 5.12. The molecule has 1 N–H and O–H groups in total. The lowest BCUT2D eigenvalue weighted by Crippen LogP contribution is -2.42. The summed E-state index contributed by atoms with van der Waals surface area (Å²) in [5.74, 6) is 1.83. The number of hydrogen-bond donors (Lipinski definition) is 1. The van der Waals surface area contributed by atoms with Gasteiger partial charge in [-0.1, -0.05) is 29.8 Å². The average molecular weight is 421 g/mol. The van der Waals surface area contributed by atoms with E-state index in [2.05, 4.69) is 39.5 Å². The average Bonchev–Trinajstić information content (AvgIpc) is 3.48. The van der Waals surface area contributed by atoms with Gasteiger partial charge in [0.15, 0.2) is 11.5 Å². The number of benzene rings is 1. The van der Waals surface area contributed by atoms with Crippen molar-refractivity contribution >= 4 is 17.4 Å². The van der Waals surface area contributed by atoms with E-state index in [1.807, 2.05) is 24.3 Å². The van der Waals surface area contributed by atoms with E-state index in [1.54, 1.807) is 4.52 Å². The summed E-state index contributed by atoms with van der Waals surface area (Å²) in [6.07, 6.45) is 3.97. The van der Waals surface area contributed by atoms with Crippen LogP contribution in [0.25, 0.3) is 17.0 Å². The number of hydrogen-bond acceptors (Lipinski definition) is 6. The second kappa shape index (κ2) is 8.63. The number of fused-ring (bicyclic) bond motifs is 1. The van der Waals surface area contributed by atoms with Crippen molar-refractivity contribution in [1.29, 1.82) is 0 Å². The first-order valence-corrected chi connectivity index (χ1v) is 11.1. The first kappa shape index (κ1) is 19.9. The van der Waals surface area contributed by atoms with Gasteiger partial charge >= 0.3 is 0 Å². The maximum atomic E-state index is 12.5. The van der Waals surface area contributed by atoms with E-state index in [0.717, 1.165) is 68.2 Å². The van der Waals surface area contributed by atoms with Crippen molar-refractivity contribution in [2.24, 2.45) is 5.92 Å². The number of carbonyl (C=O) groups excluding carboxylic acids is 1. The van der Waals surface area contributed by atoms with E-state index in [9.17, 15) is 4.79 Å². The van der Waals surface area contributed by atoms with Crippen LogP contribution >= 0.6 is 0 Å². The normalized spacial score (nSPS) is 19.8. The molecule has 1 aromatic carbocycles. The standard InChI is InChI=1S/C23H28N6O2/c1-16-4-6-17(7-5-16)22-26-25-20-8-9-21(27-29(20)22)28-12-10-18(11-13-28)23(30)24-15-19-3-2-14-31-19/h4-9,18-19H,2-3,10-15H2,1H3,(H,24,30). The topological polar surface area (TPSA) is 84.7 Å². The number of nitrogens with zero attached hydrogens (tertiary/aromatic N) is 5. The highest BCUT2D eigenvalue weighted by molar-refractivity contribution is 5.79. The molecule has 31 heavy (non-hydrogen) atoms. The van der Waals surface area contributed by atoms with Gasteiger partial charge in [-0.3, -0.25) is 4.79 Å². The largest absolute Gasteiger partial charge is 0.376 e. The Kier molecular flexibility index (Phi) is 5.55. The van der Waals surface area contributed by atoms with Gasteiger partial charge < -0.3 is 15.0 Å². The quantitative estimate of drug-likeness (QED) is 0.683. The van der Waals surface area contributed by atoms with E-state index in [0.29, 0.717) is 6.54 Å². The van der Waals surface area contributed by atoms with Crippen LogP contribution in [0.15, 0.2) is 36.4 Å². The summed E-state index contributed by atoms with van der Waals surface area (Å²) in [5, 5.41) is 16.5. The molecule has 1 atom stereocenters. The molecule has 4 heterocycles. The van der Waals surface area contributed by atoms with Crippen LogP contribution in [0.2, 0.25) is 0 Å². The highest BCUT2D eigenvalue weighted by Crippen LogP contribution is 2.24. The third-order valence-electron chi connectivity index (χ3n) is 6.28. The molecule has 3 aromatic rings. The minimum absolute atomic E-state index is 0.0550. The van der Waals surface area contributed by atoms with Crippen molar-refractivity contribution in [3.8, 4) is 11.4 Å². The molecule has 162 valence electrons. The second-order valence-corrected chi connectivity index (χ2v) is 8.49. The zero-order valence-electron chi connectivity index (χ0n) is 17.8. The van der Waals surface area contributed by atoms with E-state index >= 15 is 0 Å². The van der Waals surface area contributed by atoms with Crippen molar-refractivity contribution in [2.75, 3.05) is 31.1 Å². The van der Waals surface area contributed by atoms with Crippen molar-refractivity contribution in [3.63, 3.8) is 0 Å². The third-order valence-corrected chi connectivity index (χ3v) is 6.28. The molecule has 0 bridgehead atoms. The lowest BCUT2D eigenvalue weighted by Gasteiger charge is -2.32. The lowest BCUT2D eigenvalue weighted by atomic mass is 9.96. The summed E-state index contributed by atoms with van der Waals surface area (Å²) >= 11 is 0. The van der Waals surface area contributed by atoms with Crippen molar-refractivity contribution < 1.29 is 9.53 Å². The highest BCUT2D eigenvalue weighted by atomic mass is 16.5. The predicted molar refractivity (Wildman–Crippen MR) is 118 cm³/mol. The van der Waals surface area contributed by atoms with Crippen LogP contribution in [0.5, 0.6) is 0 Å². The zero-order chi connectivity index (χ0) is 21.2. The smallest absolute Gasteiger partial charge is 0.223 e. The van der Waals surface area contributed by atoms with Crippen LogP contribution in [0.3, 0.4) is 0 Å². The third kappa shape index (κ3) is 4.25. The van der Waals surface area contributed by atoms with Gasteiger partial charge in [0.25, 0.3) is 0 Å². The molecule has 0 aliphatic carbocycles. The Morgan fingerprint density at radius 3 is 2.65 bits per heavy atom. The first-order chi connectivity index (χ1) is 15.2. The van der Waals surface area contributed by atoms with Crippen LogP contribution < -0.4 is 10.2 Å². The van der Waals surface area contributed by atoms with Gasteiger partial charge in [-0.15, -0.1) is 15.3 Å². The summed E-state index contributed by atoms with van der Waals surface area (Å²) in [5.41, 5.74) is 2.92. The van der Waals surface area contributed by atoms with Gasteiger partial charge in [0.05, 0.1) is 6.10 Å². The number of carbonyl (C=O) groups is 1. The van der Waals surface area contributed by atoms with E-state index in [1.165, 1.54) is 5.56 Å². The fourth-order valence-electron chi connectivity index (χ4n) is 4.37. The molecule has 0 spiro atoms. The second-order valence-electron chi connectivity index (χ2n) is 8.49. The molecule has 0 saturated carbocycles. The molecule has 1 amide bonds. The van der Waals surface area contributed by atoms with Crippen LogP contribution in [0.4, 0.5) is 5.82 Å². The summed E-state index contributed by atoms with van der Waals surface area (Å²) in [4.78, 5) is 14.8. The molecule has 2 fully saturated rings. The van der Waals surface area contributed by atoms with E-state index < -0.39 is 0 Å². The van der Waals surface area contributed by atoms with E-state index in [-0.39, 0.29) is 17.9 Å². The minimum atomic E-state index is 0.0550. The number of nitrogens with one attached hydrogen (secondary N) is 1. The SMILES string of the molecule is Cc1ccc(-c2nnc3ccc(N4CCC(C(=O)NCC5CCCO5)CC4)nn23)cc1. The zero-order valence-corrected chi connectivity index (χ0v) is 17.8. The van der Waals surface area contributed by atoms with Crippen molar-refractivity contribution in [3.05, 3.63) is 42.0 Å². The lowest BCUT2D eigenvalue weighted by molar-refractivity contribution is -0.126. The number of rotatable bonds is 5. The Bertz CT molecular complexity index is 1050. The Morgan fingerprint density at radius 1 is 1.10 bits per heavy atom. The molecule has 2 aliphatic heterocycles. The van der Waals surface area contributed by atoms with Gasteiger partial charge in [0, 0.05) is 37.7 Å². The highest BCUT2D eigenvalue weighted by Gasteiger charge is 2.27. The number of amides is 1. The molecule has 8 heteroatoms. The predicted octanol–water partition coefficient (Wildman–Crippen LogP) is 2.61. The Labute approximate surface area is 181 Å². The summed E-state index contributed by atoms with van der Waals surface area (Å²) < 4.78 is 7.40.